The molecule has 0 spiro atoms. The molecule has 0 bridgehead atoms. The topological polar surface area (TPSA) is 68.5 Å². The van der Waals surface area contributed by atoms with E-state index in [4.69, 9.17) is 13.3 Å². The van der Waals surface area contributed by atoms with Gasteiger partial charge in [0.25, 0.3) is 5.91 Å². The van der Waals surface area contributed by atoms with Crippen LogP contribution >= 0.6 is 0 Å². The third-order valence-electron chi connectivity index (χ3n) is 3.18. The van der Waals surface area contributed by atoms with Gasteiger partial charge < -0.3 is 18.6 Å². The summed E-state index contributed by atoms with van der Waals surface area (Å²) in [4.78, 5) is 12.1. The Morgan fingerprint density at radius 2 is 2.05 bits per heavy atom. The van der Waals surface area contributed by atoms with E-state index in [1.807, 2.05) is 25.1 Å². The lowest BCUT2D eigenvalue weighted by Crippen LogP contribution is -2.22. The Labute approximate surface area is 121 Å². The maximum atomic E-state index is 12.1. The summed E-state index contributed by atoms with van der Waals surface area (Å²) in [5.41, 5.74) is 1.42. The number of hydrogen-bond acceptors (Lipinski definition) is 4. The zero-order valence-electron chi connectivity index (χ0n) is 11.8. The highest BCUT2D eigenvalue weighted by Crippen LogP contribution is 2.22. The predicted molar refractivity (Wildman–Crippen MR) is 75.8 cm³/mol. The minimum atomic E-state index is -0.175. The lowest BCUT2D eigenvalue weighted by Gasteiger charge is -2.01. The molecular weight excluding hydrogens is 270 g/mol. The van der Waals surface area contributed by atoms with Gasteiger partial charge in [0.2, 0.25) is 0 Å². The SMILES string of the molecule is Cc1cc(C(=O)NCc2ccc(-c3ccoc3)o2)c(C)o1. The number of carbonyl (C=O) groups is 1. The van der Waals surface area contributed by atoms with Gasteiger partial charge in [-0.25, -0.2) is 0 Å². The van der Waals surface area contributed by atoms with E-state index in [-0.39, 0.29) is 5.91 Å². The third-order valence-corrected chi connectivity index (χ3v) is 3.18. The van der Waals surface area contributed by atoms with Crippen LogP contribution in [-0.4, -0.2) is 5.91 Å². The van der Waals surface area contributed by atoms with Crippen molar-refractivity contribution in [1.29, 1.82) is 0 Å². The highest BCUT2D eigenvalue weighted by atomic mass is 16.3. The van der Waals surface area contributed by atoms with E-state index in [2.05, 4.69) is 5.32 Å². The molecule has 3 rings (SSSR count). The Hall–Kier alpha value is -2.69. The van der Waals surface area contributed by atoms with Crippen LogP contribution in [0.3, 0.4) is 0 Å². The first-order chi connectivity index (χ1) is 10.1. The van der Waals surface area contributed by atoms with Gasteiger partial charge in [0.1, 0.15) is 29.3 Å². The molecule has 108 valence electrons. The van der Waals surface area contributed by atoms with Crippen molar-refractivity contribution in [2.45, 2.75) is 20.4 Å². The van der Waals surface area contributed by atoms with Crippen LogP contribution in [0, 0.1) is 13.8 Å². The summed E-state index contributed by atoms with van der Waals surface area (Å²) in [6, 6.07) is 7.22. The Morgan fingerprint density at radius 1 is 1.19 bits per heavy atom. The second-order valence-corrected chi connectivity index (χ2v) is 4.79. The van der Waals surface area contributed by atoms with Crippen molar-refractivity contribution in [2.24, 2.45) is 0 Å². The number of hydrogen-bond donors (Lipinski definition) is 1. The lowest BCUT2D eigenvalue weighted by atomic mass is 10.2. The molecule has 5 heteroatoms. The van der Waals surface area contributed by atoms with E-state index in [1.54, 1.807) is 25.5 Å². The number of nitrogens with one attached hydrogen (secondary N) is 1. The van der Waals surface area contributed by atoms with Gasteiger partial charge in [-0.2, -0.15) is 0 Å². The lowest BCUT2D eigenvalue weighted by molar-refractivity contribution is 0.0946. The largest absolute Gasteiger partial charge is 0.472 e. The number of furan rings is 3. The summed E-state index contributed by atoms with van der Waals surface area (Å²) >= 11 is 0. The molecule has 5 nitrogen and oxygen atoms in total. The monoisotopic (exact) mass is 285 g/mol. The molecule has 0 aliphatic heterocycles. The first-order valence-corrected chi connectivity index (χ1v) is 6.60. The highest BCUT2D eigenvalue weighted by molar-refractivity contribution is 5.95. The van der Waals surface area contributed by atoms with E-state index in [0.717, 1.165) is 11.3 Å². The molecule has 0 aliphatic rings. The van der Waals surface area contributed by atoms with Crippen LogP contribution in [0.2, 0.25) is 0 Å². The second-order valence-electron chi connectivity index (χ2n) is 4.79. The molecule has 3 heterocycles. The fourth-order valence-corrected chi connectivity index (χ4v) is 2.15. The number of aryl methyl sites for hydroxylation is 2. The molecule has 0 radical (unpaired) electrons. The molecule has 3 aromatic heterocycles. The summed E-state index contributed by atoms with van der Waals surface area (Å²) in [6.45, 7) is 3.90. The van der Waals surface area contributed by atoms with Crippen LogP contribution in [0.15, 0.2) is 50.0 Å². The van der Waals surface area contributed by atoms with E-state index in [9.17, 15) is 4.79 Å². The summed E-state index contributed by atoms with van der Waals surface area (Å²) in [6.07, 6.45) is 3.20. The molecule has 3 aromatic rings. The zero-order chi connectivity index (χ0) is 14.8. The Kier molecular flexibility index (Phi) is 3.39. The number of rotatable bonds is 4. The van der Waals surface area contributed by atoms with Gasteiger partial charge in [-0.15, -0.1) is 0 Å². The third kappa shape index (κ3) is 2.76. The Morgan fingerprint density at radius 3 is 2.71 bits per heavy atom. The standard InChI is InChI=1S/C16H15NO4/c1-10-7-14(11(2)20-10)16(18)17-8-13-3-4-15(21-13)12-5-6-19-9-12/h3-7,9H,8H2,1-2H3,(H,17,18). The minimum Gasteiger partial charge on any atom is -0.472 e. The molecule has 1 amide bonds. The smallest absolute Gasteiger partial charge is 0.255 e. The normalized spacial score (nSPS) is 10.8. The van der Waals surface area contributed by atoms with Crippen LogP contribution in [0.25, 0.3) is 11.3 Å². The molecule has 0 aromatic carbocycles. The van der Waals surface area contributed by atoms with Crippen molar-refractivity contribution in [3.63, 3.8) is 0 Å². The van der Waals surface area contributed by atoms with Crippen molar-refractivity contribution < 1.29 is 18.0 Å². The van der Waals surface area contributed by atoms with Gasteiger partial charge in [-0.1, -0.05) is 0 Å². The maximum absolute atomic E-state index is 12.1. The molecule has 0 saturated heterocycles. The molecule has 0 saturated carbocycles. The van der Waals surface area contributed by atoms with Gasteiger partial charge in [-0.3, -0.25) is 4.79 Å². The van der Waals surface area contributed by atoms with Crippen molar-refractivity contribution in [3.05, 3.63) is 59.6 Å². The second kappa shape index (κ2) is 5.36. The van der Waals surface area contributed by atoms with Crippen molar-refractivity contribution in [1.82, 2.24) is 5.32 Å². The number of carbonyl (C=O) groups excluding carboxylic acids is 1. The zero-order valence-corrected chi connectivity index (χ0v) is 11.8. The van der Waals surface area contributed by atoms with Gasteiger partial charge in [0.15, 0.2) is 0 Å². The molecule has 1 N–H and O–H groups in total. The maximum Gasteiger partial charge on any atom is 0.255 e. The van der Waals surface area contributed by atoms with Crippen molar-refractivity contribution in [2.75, 3.05) is 0 Å². The molecule has 0 aliphatic carbocycles. The van der Waals surface area contributed by atoms with Gasteiger partial charge >= 0.3 is 0 Å². The van der Waals surface area contributed by atoms with Crippen LogP contribution in [0.4, 0.5) is 0 Å². The van der Waals surface area contributed by atoms with Gasteiger partial charge in [-0.05, 0) is 38.1 Å². The fourth-order valence-electron chi connectivity index (χ4n) is 2.15. The Balaban J connectivity index is 1.65. The van der Waals surface area contributed by atoms with E-state index < -0.39 is 0 Å². The number of amides is 1. The summed E-state index contributed by atoms with van der Waals surface area (Å²) in [7, 11) is 0. The van der Waals surface area contributed by atoms with E-state index >= 15 is 0 Å². The minimum absolute atomic E-state index is 0.175. The van der Waals surface area contributed by atoms with E-state index in [0.29, 0.717) is 29.4 Å². The molecule has 21 heavy (non-hydrogen) atoms. The highest BCUT2D eigenvalue weighted by Gasteiger charge is 2.14. The quantitative estimate of drug-likeness (QED) is 0.794. The summed E-state index contributed by atoms with van der Waals surface area (Å²) in [5, 5.41) is 2.81. The van der Waals surface area contributed by atoms with E-state index in [1.165, 1.54) is 0 Å². The molecule has 0 atom stereocenters. The van der Waals surface area contributed by atoms with Gasteiger partial charge in [0.05, 0.1) is 23.9 Å². The van der Waals surface area contributed by atoms with Crippen LogP contribution < -0.4 is 5.32 Å². The first-order valence-electron chi connectivity index (χ1n) is 6.60. The first kappa shape index (κ1) is 13.3. The van der Waals surface area contributed by atoms with Crippen LogP contribution in [0.1, 0.15) is 27.6 Å². The van der Waals surface area contributed by atoms with Gasteiger partial charge in [0, 0.05) is 0 Å². The average molecular weight is 285 g/mol. The van der Waals surface area contributed by atoms with Crippen molar-refractivity contribution in [3.8, 4) is 11.3 Å². The summed E-state index contributed by atoms with van der Waals surface area (Å²) < 4.78 is 16.0. The fraction of sp³-hybridized carbons (Fsp3) is 0.188. The average Bonchev–Trinajstić information content (AvgIpc) is 3.15. The predicted octanol–water partition coefficient (Wildman–Crippen LogP) is 3.68. The summed E-state index contributed by atoms with van der Waals surface area (Å²) in [5.74, 6) is 2.55. The Bertz CT molecular complexity index is 749. The van der Waals surface area contributed by atoms with Crippen molar-refractivity contribution >= 4 is 5.91 Å². The molecule has 0 unspecified atom stereocenters. The van der Waals surface area contributed by atoms with Crippen LogP contribution in [-0.2, 0) is 6.54 Å². The molecule has 0 fully saturated rings. The van der Waals surface area contributed by atoms with Crippen LogP contribution in [0.5, 0.6) is 0 Å². The molecular formula is C16H15NO4.